The van der Waals surface area contributed by atoms with E-state index in [4.69, 9.17) is 0 Å². The maximum absolute atomic E-state index is 12.0. The number of carbonyl (C=O) groups is 1. The van der Waals surface area contributed by atoms with Crippen molar-refractivity contribution >= 4 is 5.91 Å². The van der Waals surface area contributed by atoms with Crippen molar-refractivity contribution in [3.05, 3.63) is 30.1 Å². The Morgan fingerprint density at radius 2 is 2.12 bits per heavy atom. The Hall–Kier alpha value is -1.42. The van der Waals surface area contributed by atoms with Crippen LogP contribution >= 0.6 is 0 Å². The summed E-state index contributed by atoms with van der Waals surface area (Å²) in [7, 11) is 2.09. The molecule has 1 fully saturated rings. The van der Waals surface area contributed by atoms with Crippen molar-refractivity contribution in [2.45, 2.75) is 6.42 Å². The summed E-state index contributed by atoms with van der Waals surface area (Å²) in [4.78, 5) is 20.2. The van der Waals surface area contributed by atoms with E-state index in [0.29, 0.717) is 6.42 Å². The molecule has 1 aliphatic heterocycles. The van der Waals surface area contributed by atoms with E-state index in [0.717, 1.165) is 31.7 Å². The molecule has 0 atom stereocenters. The predicted octanol–water partition coefficient (Wildman–Crippen LogP) is 0.398. The number of hydrogen-bond donors (Lipinski definition) is 0. The lowest BCUT2D eigenvalue weighted by molar-refractivity contribution is -0.132. The minimum absolute atomic E-state index is 0.209. The maximum Gasteiger partial charge on any atom is 0.227 e. The van der Waals surface area contributed by atoms with E-state index in [1.165, 1.54) is 0 Å². The van der Waals surface area contributed by atoms with Crippen LogP contribution in [0.15, 0.2) is 24.5 Å². The standard InChI is InChI=1S/C12H17N3O/c1-14-5-7-15(8-6-14)12(16)9-11-3-2-4-13-10-11/h2-4,10H,5-9H2,1H3. The van der Waals surface area contributed by atoms with Gasteiger partial charge in [-0.2, -0.15) is 0 Å². The van der Waals surface area contributed by atoms with E-state index in [1.807, 2.05) is 17.0 Å². The van der Waals surface area contributed by atoms with Gasteiger partial charge in [-0.05, 0) is 18.7 Å². The zero-order valence-corrected chi connectivity index (χ0v) is 9.59. The highest BCUT2D eigenvalue weighted by molar-refractivity contribution is 5.78. The molecule has 2 heterocycles. The summed E-state index contributed by atoms with van der Waals surface area (Å²) in [5.74, 6) is 0.209. The second kappa shape index (κ2) is 5.07. The van der Waals surface area contributed by atoms with E-state index in [-0.39, 0.29) is 5.91 Å². The largest absolute Gasteiger partial charge is 0.340 e. The number of aromatic nitrogens is 1. The molecule has 2 rings (SSSR count). The molecule has 0 aliphatic carbocycles. The first-order chi connectivity index (χ1) is 7.75. The molecule has 0 saturated carbocycles. The van der Waals surface area contributed by atoms with Gasteiger partial charge in [-0.25, -0.2) is 0 Å². The Kier molecular flexibility index (Phi) is 3.51. The zero-order valence-electron chi connectivity index (χ0n) is 9.59. The van der Waals surface area contributed by atoms with Gasteiger partial charge < -0.3 is 9.80 Å². The Labute approximate surface area is 95.9 Å². The normalized spacial score (nSPS) is 17.4. The fourth-order valence-corrected chi connectivity index (χ4v) is 1.84. The molecule has 0 unspecified atom stereocenters. The third kappa shape index (κ3) is 2.79. The van der Waals surface area contributed by atoms with Crippen molar-refractivity contribution in [2.75, 3.05) is 33.2 Å². The first-order valence-corrected chi connectivity index (χ1v) is 5.61. The number of rotatable bonds is 2. The van der Waals surface area contributed by atoms with Crippen LogP contribution in [0.25, 0.3) is 0 Å². The van der Waals surface area contributed by atoms with Gasteiger partial charge in [0.1, 0.15) is 0 Å². The van der Waals surface area contributed by atoms with Gasteiger partial charge in [0.05, 0.1) is 6.42 Å². The Bertz CT molecular complexity index is 345. The van der Waals surface area contributed by atoms with Crippen molar-refractivity contribution in [2.24, 2.45) is 0 Å². The minimum Gasteiger partial charge on any atom is -0.340 e. The van der Waals surface area contributed by atoms with Crippen LogP contribution in [0, 0.1) is 0 Å². The highest BCUT2D eigenvalue weighted by atomic mass is 16.2. The summed E-state index contributed by atoms with van der Waals surface area (Å²) in [5.41, 5.74) is 0.992. The molecule has 4 nitrogen and oxygen atoms in total. The van der Waals surface area contributed by atoms with Gasteiger partial charge in [-0.15, -0.1) is 0 Å². The predicted molar refractivity (Wildman–Crippen MR) is 62.0 cm³/mol. The fraction of sp³-hybridized carbons (Fsp3) is 0.500. The van der Waals surface area contributed by atoms with Crippen molar-refractivity contribution in [1.29, 1.82) is 0 Å². The summed E-state index contributed by atoms with van der Waals surface area (Å²) < 4.78 is 0. The van der Waals surface area contributed by atoms with Crippen LogP contribution in [-0.4, -0.2) is 53.9 Å². The summed E-state index contributed by atoms with van der Waals surface area (Å²) in [6.45, 7) is 3.63. The molecule has 1 aliphatic rings. The molecule has 0 radical (unpaired) electrons. The molecular weight excluding hydrogens is 202 g/mol. The molecule has 0 aromatic carbocycles. The van der Waals surface area contributed by atoms with E-state index < -0.39 is 0 Å². The molecule has 4 heteroatoms. The summed E-state index contributed by atoms with van der Waals surface area (Å²) in [6, 6.07) is 3.81. The lowest BCUT2D eigenvalue weighted by Crippen LogP contribution is -2.47. The molecule has 0 N–H and O–H groups in total. The van der Waals surface area contributed by atoms with Crippen molar-refractivity contribution in [3.8, 4) is 0 Å². The van der Waals surface area contributed by atoms with Gasteiger partial charge in [0.15, 0.2) is 0 Å². The smallest absolute Gasteiger partial charge is 0.227 e. The first kappa shape index (κ1) is 11.1. The Balaban J connectivity index is 1.89. The van der Waals surface area contributed by atoms with Gasteiger partial charge in [0.25, 0.3) is 0 Å². The molecule has 0 bridgehead atoms. The second-order valence-electron chi connectivity index (χ2n) is 4.22. The van der Waals surface area contributed by atoms with Crippen LogP contribution < -0.4 is 0 Å². The number of carbonyl (C=O) groups excluding carboxylic acids is 1. The maximum atomic E-state index is 12.0. The van der Waals surface area contributed by atoms with Crippen LogP contribution in [0.5, 0.6) is 0 Å². The minimum atomic E-state index is 0.209. The average Bonchev–Trinajstić information content (AvgIpc) is 2.31. The van der Waals surface area contributed by atoms with Crippen molar-refractivity contribution in [3.63, 3.8) is 0 Å². The van der Waals surface area contributed by atoms with Crippen molar-refractivity contribution < 1.29 is 4.79 Å². The van der Waals surface area contributed by atoms with E-state index >= 15 is 0 Å². The van der Waals surface area contributed by atoms with Crippen LogP contribution in [0.2, 0.25) is 0 Å². The quantitative estimate of drug-likeness (QED) is 0.722. The monoisotopic (exact) mass is 219 g/mol. The number of piperazine rings is 1. The third-order valence-corrected chi connectivity index (χ3v) is 2.93. The second-order valence-corrected chi connectivity index (χ2v) is 4.22. The summed E-state index contributed by atoms with van der Waals surface area (Å²) in [5, 5.41) is 0. The van der Waals surface area contributed by atoms with Gasteiger partial charge in [0, 0.05) is 38.6 Å². The van der Waals surface area contributed by atoms with Crippen molar-refractivity contribution in [1.82, 2.24) is 14.8 Å². The third-order valence-electron chi connectivity index (χ3n) is 2.93. The van der Waals surface area contributed by atoms with E-state index in [1.54, 1.807) is 12.4 Å². The van der Waals surface area contributed by atoms with E-state index in [9.17, 15) is 4.79 Å². The molecule has 1 aromatic heterocycles. The SMILES string of the molecule is CN1CCN(C(=O)Cc2cccnc2)CC1. The number of nitrogens with zero attached hydrogens (tertiary/aromatic N) is 3. The lowest BCUT2D eigenvalue weighted by Gasteiger charge is -2.32. The van der Waals surface area contributed by atoms with Gasteiger partial charge >= 0.3 is 0 Å². The fourth-order valence-electron chi connectivity index (χ4n) is 1.84. The Morgan fingerprint density at radius 1 is 1.38 bits per heavy atom. The molecule has 86 valence electrons. The summed E-state index contributed by atoms with van der Waals surface area (Å²) >= 11 is 0. The van der Waals surface area contributed by atoms with Crippen LogP contribution in [0.3, 0.4) is 0 Å². The molecule has 16 heavy (non-hydrogen) atoms. The molecule has 0 spiro atoms. The first-order valence-electron chi connectivity index (χ1n) is 5.61. The number of likely N-dealkylation sites (N-methyl/N-ethyl adjacent to an activating group) is 1. The molecule has 1 saturated heterocycles. The number of amides is 1. The van der Waals surface area contributed by atoms with Gasteiger partial charge in [0.2, 0.25) is 5.91 Å². The summed E-state index contributed by atoms with van der Waals surface area (Å²) in [6.07, 6.45) is 3.95. The van der Waals surface area contributed by atoms with Crippen LogP contribution in [0.1, 0.15) is 5.56 Å². The zero-order chi connectivity index (χ0) is 11.4. The van der Waals surface area contributed by atoms with Gasteiger partial charge in [-0.3, -0.25) is 9.78 Å². The van der Waals surface area contributed by atoms with E-state index in [2.05, 4.69) is 16.9 Å². The van der Waals surface area contributed by atoms with Gasteiger partial charge in [-0.1, -0.05) is 6.07 Å². The molecule has 1 aromatic rings. The number of pyridine rings is 1. The Morgan fingerprint density at radius 3 is 2.75 bits per heavy atom. The van der Waals surface area contributed by atoms with Crippen LogP contribution in [-0.2, 0) is 11.2 Å². The lowest BCUT2D eigenvalue weighted by atomic mass is 10.2. The number of hydrogen-bond acceptors (Lipinski definition) is 3. The highest BCUT2D eigenvalue weighted by Gasteiger charge is 2.18. The molecular formula is C12H17N3O. The van der Waals surface area contributed by atoms with Crippen LogP contribution in [0.4, 0.5) is 0 Å². The topological polar surface area (TPSA) is 36.4 Å². The molecule has 1 amide bonds. The average molecular weight is 219 g/mol. The highest BCUT2D eigenvalue weighted by Crippen LogP contribution is 2.04.